The average molecular weight is 273 g/mol. The number of hydrazine groups is 1. The number of hydrogen-bond donors (Lipinski definition) is 2. The third-order valence-electron chi connectivity index (χ3n) is 2.58. The second-order valence-electron chi connectivity index (χ2n) is 4.24. The molecule has 0 aliphatic carbocycles. The first kappa shape index (κ1) is 14.8. The smallest absolute Gasteiger partial charge is 0.0441 e. The van der Waals surface area contributed by atoms with Crippen molar-refractivity contribution < 1.29 is 0 Å². The van der Waals surface area contributed by atoms with Crippen LogP contribution in [0.25, 0.3) is 0 Å². The third-order valence-corrected chi connectivity index (χ3v) is 4.26. The van der Waals surface area contributed by atoms with Gasteiger partial charge in [0.15, 0.2) is 0 Å². The monoisotopic (exact) mass is 272 g/mol. The molecule has 3 N–H and O–H groups in total. The molecule has 0 spiro atoms. The van der Waals surface area contributed by atoms with E-state index in [0.717, 1.165) is 22.8 Å². The molecule has 0 aliphatic rings. The Balaban J connectivity index is 2.54. The lowest BCUT2D eigenvalue weighted by molar-refractivity contribution is 0.575. The molecule has 1 aromatic carbocycles. The lowest BCUT2D eigenvalue weighted by Gasteiger charge is -2.16. The minimum atomic E-state index is 0.284. The van der Waals surface area contributed by atoms with E-state index in [0.29, 0.717) is 0 Å². The molecular weight excluding hydrogens is 252 g/mol. The molecule has 0 bridgehead atoms. The molecule has 0 heterocycles. The minimum absolute atomic E-state index is 0.284. The summed E-state index contributed by atoms with van der Waals surface area (Å²) in [6.07, 6.45) is 2.08. The van der Waals surface area contributed by atoms with Gasteiger partial charge < -0.3 is 0 Å². The predicted octanol–water partition coefficient (Wildman–Crippen LogP) is 3.17. The second-order valence-corrected chi connectivity index (χ2v) is 5.79. The number of benzene rings is 1. The zero-order chi connectivity index (χ0) is 12.7. The number of halogens is 1. The lowest BCUT2D eigenvalue weighted by Crippen LogP contribution is -2.38. The Morgan fingerprint density at radius 1 is 1.47 bits per heavy atom. The normalized spacial score (nSPS) is 12.7. The van der Waals surface area contributed by atoms with E-state index in [1.807, 2.05) is 24.8 Å². The highest BCUT2D eigenvalue weighted by molar-refractivity contribution is 7.99. The number of nitrogens with two attached hydrogens (primary N) is 1. The molecule has 1 atom stereocenters. The summed E-state index contributed by atoms with van der Waals surface area (Å²) < 4.78 is 0. The van der Waals surface area contributed by atoms with Gasteiger partial charge in [0.05, 0.1) is 0 Å². The van der Waals surface area contributed by atoms with Crippen LogP contribution >= 0.6 is 23.4 Å². The molecule has 0 aromatic heterocycles. The zero-order valence-corrected chi connectivity index (χ0v) is 12.1. The number of nitrogens with one attached hydrogen (secondary N) is 1. The highest BCUT2D eigenvalue weighted by Gasteiger charge is 2.10. The van der Waals surface area contributed by atoms with Crippen LogP contribution in [0.3, 0.4) is 0 Å². The van der Waals surface area contributed by atoms with E-state index in [4.69, 9.17) is 17.4 Å². The summed E-state index contributed by atoms with van der Waals surface area (Å²) in [6, 6.07) is 6.47. The summed E-state index contributed by atoms with van der Waals surface area (Å²) in [5.74, 6) is 7.78. The van der Waals surface area contributed by atoms with Crippen LogP contribution in [0.2, 0.25) is 5.02 Å². The molecule has 2 nitrogen and oxygen atoms in total. The van der Waals surface area contributed by atoms with E-state index in [1.54, 1.807) is 0 Å². The van der Waals surface area contributed by atoms with Crippen molar-refractivity contribution >= 4 is 23.4 Å². The van der Waals surface area contributed by atoms with E-state index in [9.17, 15) is 0 Å². The molecule has 0 saturated heterocycles. The summed E-state index contributed by atoms with van der Waals surface area (Å²) in [5.41, 5.74) is 5.23. The topological polar surface area (TPSA) is 38.0 Å². The van der Waals surface area contributed by atoms with E-state index in [2.05, 4.69) is 24.5 Å². The van der Waals surface area contributed by atoms with Crippen LogP contribution < -0.4 is 11.3 Å². The summed E-state index contributed by atoms with van der Waals surface area (Å²) in [4.78, 5) is 0. The van der Waals surface area contributed by atoms with Gasteiger partial charge in [-0.15, -0.1) is 0 Å². The number of aryl methyl sites for hydroxylation is 1. The van der Waals surface area contributed by atoms with E-state index >= 15 is 0 Å². The van der Waals surface area contributed by atoms with Crippen molar-refractivity contribution in [1.82, 2.24) is 5.43 Å². The van der Waals surface area contributed by atoms with Gasteiger partial charge in [-0.1, -0.05) is 30.7 Å². The highest BCUT2D eigenvalue weighted by Crippen LogP contribution is 2.20. The maximum absolute atomic E-state index is 6.22. The van der Waals surface area contributed by atoms with Crippen LogP contribution in [0.1, 0.15) is 24.5 Å². The fourth-order valence-corrected chi connectivity index (χ4v) is 2.89. The van der Waals surface area contributed by atoms with Crippen molar-refractivity contribution in [1.29, 1.82) is 0 Å². The van der Waals surface area contributed by atoms with Crippen molar-refractivity contribution in [3.63, 3.8) is 0 Å². The molecule has 1 aromatic rings. The van der Waals surface area contributed by atoms with Gasteiger partial charge in [0.1, 0.15) is 0 Å². The maximum atomic E-state index is 6.22. The minimum Gasteiger partial charge on any atom is -0.271 e. The fraction of sp³-hybridized carbons (Fsp3) is 0.538. The predicted molar refractivity (Wildman–Crippen MR) is 78.6 cm³/mol. The van der Waals surface area contributed by atoms with Gasteiger partial charge in [0, 0.05) is 16.8 Å². The second kappa shape index (κ2) is 7.98. The van der Waals surface area contributed by atoms with Crippen molar-refractivity contribution in [2.45, 2.75) is 32.7 Å². The van der Waals surface area contributed by atoms with Crippen molar-refractivity contribution in [3.8, 4) is 0 Å². The van der Waals surface area contributed by atoms with Gasteiger partial charge >= 0.3 is 0 Å². The van der Waals surface area contributed by atoms with Crippen molar-refractivity contribution in [2.24, 2.45) is 5.84 Å². The molecule has 0 amide bonds. The van der Waals surface area contributed by atoms with Gasteiger partial charge in [-0.25, -0.2) is 0 Å². The van der Waals surface area contributed by atoms with Crippen LogP contribution in [0.4, 0.5) is 0 Å². The Kier molecular flexibility index (Phi) is 6.97. The molecule has 17 heavy (non-hydrogen) atoms. The molecule has 4 heteroatoms. The van der Waals surface area contributed by atoms with E-state index in [-0.39, 0.29) is 6.04 Å². The first-order chi connectivity index (χ1) is 8.17. The quantitative estimate of drug-likeness (QED) is 0.455. The van der Waals surface area contributed by atoms with Gasteiger partial charge in [0.2, 0.25) is 0 Å². The molecule has 1 unspecified atom stereocenters. The Morgan fingerprint density at radius 2 is 2.24 bits per heavy atom. The molecule has 0 fully saturated rings. The van der Waals surface area contributed by atoms with E-state index in [1.165, 1.54) is 17.7 Å². The van der Waals surface area contributed by atoms with Crippen LogP contribution in [0, 0.1) is 6.92 Å². The van der Waals surface area contributed by atoms with E-state index < -0.39 is 0 Å². The van der Waals surface area contributed by atoms with Crippen LogP contribution in [0.5, 0.6) is 0 Å². The third kappa shape index (κ3) is 5.30. The summed E-state index contributed by atoms with van der Waals surface area (Å²) in [7, 11) is 0. The summed E-state index contributed by atoms with van der Waals surface area (Å²) in [5, 5.41) is 0.839. The summed E-state index contributed by atoms with van der Waals surface area (Å²) >= 11 is 8.15. The standard InChI is InChI=1S/C13H21ClN2S/c1-3-6-17-9-12(16-15)8-11-5-4-10(2)7-13(11)14/h4-5,7,12,16H,3,6,8-9,15H2,1-2H3. The molecule has 1 rings (SSSR count). The van der Waals surface area contributed by atoms with Crippen LogP contribution in [-0.2, 0) is 6.42 Å². The fourth-order valence-electron chi connectivity index (χ4n) is 1.62. The SMILES string of the molecule is CCCSCC(Cc1ccc(C)cc1Cl)NN. The van der Waals surface area contributed by atoms with Gasteiger partial charge in [-0.05, 0) is 42.7 Å². The molecular formula is C13H21ClN2S. The van der Waals surface area contributed by atoms with Gasteiger partial charge in [-0.2, -0.15) is 11.8 Å². The van der Waals surface area contributed by atoms with Gasteiger partial charge in [0.25, 0.3) is 0 Å². The largest absolute Gasteiger partial charge is 0.271 e. The van der Waals surface area contributed by atoms with Crippen molar-refractivity contribution in [2.75, 3.05) is 11.5 Å². The lowest BCUT2D eigenvalue weighted by atomic mass is 10.1. The molecule has 0 saturated carbocycles. The Morgan fingerprint density at radius 3 is 2.82 bits per heavy atom. The summed E-state index contributed by atoms with van der Waals surface area (Å²) in [6.45, 7) is 4.24. The first-order valence-corrected chi connectivity index (χ1v) is 7.49. The molecule has 96 valence electrons. The Labute approximate surface area is 113 Å². The Bertz CT molecular complexity index is 344. The molecule has 0 radical (unpaired) electrons. The van der Waals surface area contributed by atoms with Crippen molar-refractivity contribution in [3.05, 3.63) is 34.3 Å². The average Bonchev–Trinajstić information content (AvgIpc) is 2.31. The highest BCUT2D eigenvalue weighted by atomic mass is 35.5. The van der Waals surface area contributed by atoms with Crippen LogP contribution in [0.15, 0.2) is 18.2 Å². The van der Waals surface area contributed by atoms with Gasteiger partial charge in [-0.3, -0.25) is 11.3 Å². The maximum Gasteiger partial charge on any atom is 0.0441 e. The first-order valence-electron chi connectivity index (χ1n) is 5.96. The number of rotatable bonds is 7. The van der Waals surface area contributed by atoms with Crippen LogP contribution in [-0.4, -0.2) is 17.5 Å². The molecule has 0 aliphatic heterocycles. The Hall–Kier alpha value is -0.220. The zero-order valence-electron chi connectivity index (χ0n) is 10.5. The number of thioether (sulfide) groups is 1. The number of hydrogen-bond acceptors (Lipinski definition) is 3.